The van der Waals surface area contributed by atoms with E-state index in [1.807, 2.05) is 18.2 Å². The Hall–Kier alpha value is -2.04. The van der Waals surface area contributed by atoms with Crippen molar-refractivity contribution in [3.8, 4) is 5.75 Å². The largest absolute Gasteiger partial charge is 0.496 e. The lowest BCUT2D eigenvalue weighted by Gasteiger charge is -2.02. The number of nitrogens with zero attached hydrogens (tertiary/aromatic N) is 1. The van der Waals surface area contributed by atoms with Gasteiger partial charge in [0.2, 0.25) is 0 Å². The lowest BCUT2D eigenvalue weighted by molar-refractivity contribution is 0.171. The van der Waals surface area contributed by atoms with Gasteiger partial charge in [-0.05, 0) is 12.1 Å². The van der Waals surface area contributed by atoms with E-state index in [4.69, 9.17) is 4.74 Å². The van der Waals surface area contributed by atoms with Gasteiger partial charge in [0, 0.05) is 5.56 Å². The first kappa shape index (κ1) is 11.0. The Kier molecular flexibility index (Phi) is 4.15. The first-order valence-corrected chi connectivity index (χ1v) is 4.28. The predicted molar refractivity (Wildman–Crippen MR) is 56.1 cm³/mol. The van der Waals surface area contributed by atoms with Crippen LogP contribution in [0.1, 0.15) is 5.56 Å². The summed E-state index contributed by atoms with van der Waals surface area (Å²) in [4.78, 5) is 10.7. The summed E-state index contributed by atoms with van der Waals surface area (Å²) in [5.74, 6) is 0.688. The molecule has 1 rings (SSSR count). The van der Waals surface area contributed by atoms with Crippen LogP contribution >= 0.6 is 0 Å². The molecule has 15 heavy (non-hydrogen) atoms. The Labute approximate surface area is 87.7 Å². The summed E-state index contributed by atoms with van der Waals surface area (Å²) < 4.78 is 9.44. The lowest BCUT2D eigenvalue weighted by atomic mass is 10.2. The molecule has 0 bridgehead atoms. The Balaban J connectivity index is 2.67. The summed E-state index contributed by atoms with van der Waals surface area (Å²) in [6.45, 7) is 0. The summed E-state index contributed by atoms with van der Waals surface area (Å²) in [7, 11) is 2.84. The van der Waals surface area contributed by atoms with Gasteiger partial charge >= 0.3 is 6.09 Å². The fraction of sp³-hybridized carbons (Fsp3) is 0.200. The monoisotopic (exact) mass is 208 g/mol. The summed E-state index contributed by atoms with van der Waals surface area (Å²) in [5.41, 5.74) is 2.96. The number of benzene rings is 1. The lowest BCUT2D eigenvalue weighted by Crippen LogP contribution is -2.16. The molecule has 1 aromatic carbocycles. The number of methoxy groups -OCH3 is 2. The van der Waals surface area contributed by atoms with E-state index >= 15 is 0 Å². The first-order valence-electron chi connectivity index (χ1n) is 4.28. The molecular weight excluding hydrogens is 196 g/mol. The molecule has 1 aromatic rings. The van der Waals surface area contributed by atoms with Crippen LogP contribution in [0.15, 0.2) is 29.4 Å². The minimum absolute atomic E-state index is 0.610. The summed E-state index contributed by atoms with van der Waals surface area (Å²) >= 11 is 0. The fourth-order valence-corrected chi connectivity index (χ4v) is 0.973. The molecule has 1 N–H and O–H groups in total. The van der Waals surface area contributed by atoms with E-state index in [0.717, 1.165) is 5.56 Å². The fourth-order valence-electron chi connectivity index (χ4n) is 0.973. The molecule has 0 aliphatic heterocycles. The molecule has 0 saturated heterocycles. The summed E-state index contributed by atoms with van der Waals surface area (Å²) in [5, 5.41) is 3.69. The van der Waals surface area contributed by atoms with Crippen molar-refractivity contribution in [2.24, 2.45) is 5.10 Å². The number of para-hydroxylation sites is 1. The zero-order valence-corrected chi connectivity index (χ0v) is 8.56. The van der Waals surface area contributed by atoms with Gasteiger partial charge in [-0.3, -0.25) is 0 Å². The minimum Gasteiger partial charge on any atom is -0.496 e. The van der Waals surface area contributed by atoms with Crippen molar-refractivity contribution in [1.82, 2.24) is 5.43 Å². The zero-order chi connectivity index (χ0) is 11.1. The molecular formula is C10H12N2O3. The van der Waals surface area contributed by atoms with Gasteiger partial charge in [0.05, 0.1) is 20.4 Å². The third-order valence-corrected chi connectivity index (χ3v) is 1.68. The number of ether oxygens (including phenoxy) is 2. The molecule has 0 aliphatic rings. The Morgan fingerprint density at radius 2 is 2.13 bits per heavy atom. The smallest absolute Gasteiger partial charge is 0.427 e. The van der Waals surface area contributed by atoms with Crippen LogP contribution in [0.2, 0.25) is 0 Å². The second-order valence-corrected chi connectivity index (χ2v) is 2.60. The molecule has 0 unspecified atom stereocenters. The molecule has 0 radical (unpaired) electrons. The van der Waals surface area contributed by atoms with E-state index in [1.54, 1.807) is 13.2 Å². The van der Waals surface area contributed by atoms with Crippen LogP contribution in [0.25, 0.3) is 0 Å². The molecule has 0 saturated carbocycles. The Morgan fingerprint density at radius 3 is 2.80 bits per heavy atom. The average Bonchev–Trinajstić information content (AvgIpc) is 2.29. The number of hydrazone groups is 1. The standard InChI is InChI=1S/C10H12N2O3/c1-14-9-6-4-3-5-8(9)7-11-12-10(13)15-2/h3-7H,1-2H3,(H,12,13). The second-order valence-electron chi connectivity index (χ2n) is 2.60. The van der Waals surface area contributed by atoms with Crippen molar-refractivity contribution in [1.29, 1.82) is 0 Å². The number of hydrogen-bond acceptors (Lipinski definition) is 4. The normalized spacial score (nSPS) is 10.0. The first-order chi connectivity index (χ1) is 7.27. The van der Waals surface area contributed by atoms with Crippen molar-refractivity contribution in [2.75, 3.05) is 14.2 Å². The Bertz CT molecular complexity index is 363. The molecule has 5 nitrogen and oxygen atoms in total. The quantitative estimate of drug-likeness (QED) is 0.603. The van der Waals surface area contributed by atoms with Gasteiger partial charge in [-0.15, -0.1) is 0 Å². The summed E-state index contributed by atoms with van der Waals surface area (Å²) in [6.07, 6.45) is 0.872. The van der Waals surface area contributed by atoms with Crippen LogP contribution in [0.4, 0.5) is 4.79 Å². The van der Waals surface area contributed by atoms with Gasteiger partial charge in [0.15, 0.2) is 0 Å². The van der Waals surface area contributed by atoms with Crippen molar-refractivity contribution >= 4 is 12.3 Å². The third-order valence-electron chi connectivity index (χ3n) is 1.68. The molecule has 0 atom stereocenters. The van der Waals surface area contributed by atoms with Crippen LogP contribution in [-0.4, -0.2) is 26.5 Å². The van der Waals surface area contributed by atoms with Crippen LogP contribution in [0, 0.1) is 0 Å². The number of nitrogens with one attached hydrogen (secondary N) is 1. The Morgan fingerprint density at radius 1 is 1.40 bits per heavy atom. The molecule has 1 amide bonds. The van der Waals surface area contributed by atoms with E-state index in [1.165, 1.54) is 13.3 Å². The zero-order valence-electron chi connectivity index (χ0n) is 8.56. The molecule has 0 heterocycles. The molecule has 80 valence electrons. The minimum atomic E-state index is -0.610. The maximum atomic E-state index is 10.7. The number of carbonyl (C=O) groups is 1. The molecule has 0 aliphatic carbocycles. The van der Waals surface area contributed by atoms with Crippen LogP contribution in [0.5, 0.6) is 5.75 Å². The highest BCUT2D eigenvalue weighted by Gasteiger charge is 1.98. The topological polar surface area (TPSA) is 59.9 Å². The van der Waals surface area contributed by atoms with Gasteiger partial charge < -0.3 is 9.47 Å². The van der Waals surface area contributed by atoms with E-state index in [-0.39, 0.29) is 0 Å². The van der Waals surface area contributed by atoms with Crippen LogP contribution < -0.4 is 10.2 Å². The molecule has 0 aromatic heterocycles. The SMILES string of the molecule is COC(=O)NN=Cc1ccccc1OC. The van der Waals surface area contributed by atoms with E-state index in [0.29, 0.717) is 5.75 Å². The number of rotatable bonds is 3. The van der Waals surface area contributed by atoms with Gasteiger partial charge in [-0.2, -0.15) is 5.10 Å². The maximum absolute atomic E-state index is 10.7. The van der Waals surface area contributed by atoms with Crippen LogP contribution in [0.3, 0.4) is 0 Å². The van der Waals surface area contributed by atoms with Gasteiger partial charge in [0.1, 0.15) is 5.75 Å². The number of hydrogen-bond donors (Lipinski definition) is 1. The van der Waals surface area contributed by atoms with Gasteiger partial charge in [-0.1, -0.05) is 12.1 Å². The highest BCUT2D eigenvalue weighted by Crippen LogP contribution is 2.14. The highest BCUT2D eigenvalue weighted by atomic mass is 16.5. The maximum Gasteiger partial charge on any atom is 0.427 e. The third kappa shape index (κ3) is 3.30. The van der Waals surface area contributed by atoms with E-state index < -0.39 is 6.09 Å². The number of amides is 1. The van der Waals surface area contributed by atoms with Crippen molar-refractivity contribution in [2.45, 2.75) is 0 Å². The molecule has 5 heteroatoms. The van der Waals surface area contributed by atoms with Crippen LogP contribution in [-0.2, 0) is 4.74 Å². The predicted octanol–water partition coefficient (Wildman–Crippen LogP) is 1.39. The molecule has 0 spiro atoms. The average molecular weight is 208 g/mol. The van der Waals surface area contributed by atoms with Crippen molar-refractivity contribution in [3.05, 3.63) is 29.8 Å². The van der Waals surface area contributed by atoms with Crippen molar-refractivity contribution in [3.63, 3.8) is 0 Å². The van der Waals surface area contributed by atoms with E-state index in [2.05, 4.69) is 15.3 Å². The highest BCUT2D eigenvalue weighted by molar-refractivity contribution is 5.84. The second kappa shape index (κ2) is 5.64. The van der Waals surface area contributed by atoms with Gasteiger partial charge in [0.25, 0.3) is 0 Å². The van der Waals surface area contributed by atoms with Crippen molar-refractivity contribution < 1.29 is 14.3 Å². The summed E-state index contributed by atoms with van der Waals surface area (Å²) in [6, 6.07) is 7.33. The van der Waals surface area contributed by atoms with Gasteiger partial charge in [-0.25, -0.2) is 10.2 Å². The molecule has 0 fully saturated rings. The number of carbonyl (C=O) groups excluding carboxylic acids is 1. The van der Waals surface area contributed by atoms with E-state index in [9.17, 15) is 4.79 Å².